The van der Waals surface area contributed by atoms with Crippen LogP contribution in [0.1, 0.15) is 21.6 Å². The van der Waals surface area contributed by atoms with Crippen molar-refractivity contribution in [3.05, 3.63) is 88.1 Å². The Morgan fingerprint density at radius 3 is 2.63 bits per heavy atom. The molecule has 27 heavy (non-hydrogen) atoms. The zero-order chi connectivity index (χ0) is 18.8. The van der Waals surface area contributed by atoms with Crippen molar-refractivity contribution in [1.29, 1.82) is 0 Å². The van der Waals surface area contributed by atoms with Crippen molar-refractivity contribution in [2.45, 2.75) is 13.5 Å². The summed E-state index contributed by atoms with van der Waals surface area (Å²) in [5.41, 5.74) is 2.60. The molecule has 134 valence electrons. The van der Waals surface area contributed by atoms with Gasteiger partial charge >= 0.3 is 0 Å². The van der Waals surface area contributed by atoms with Crippen molar-refractivity contribution >= 4 is 16.9 Å². The Morgan fingerprint density at radius 1 is 1.15 bits per heavy atom. The molecule has 7 nitrogen and oxygen atoms in total. The van der Waals surface area contributed by atoms with Crippen molar-refractivity contribution < 1.29 is 4.79 Å². The maximum absolute atomic E-state index is 12.9. The van der Waals surface area contributed by atoms with Gasteiger partial charge in [-0.3, -0.25) is 14.6 Å². The van der Waals surface area contributed by atoms with Crippen LogP contribution in [0.3, 0.4) is 0 Å². The molecule has 3 heterocycles. The highest BCUT2D eigenvalue weighted by atomic mass is 16.2. The van der Waals surface area contributed by atoms with E-state index in [-0.39, 0.29) is 11.0 Å². The Kier molecular flexibility index (Phi) is 4.25. The Bertz CT molecular complexity index is 1160. The molecule has 0 atom stereocenters. The zero-order valence-corrected chi connectivity index (χ0v) is 14.6. The molecule has 0 aliphatic rings. The van der Waals surface area contributed by atoms with Gasteiger partial charge in [0, 0.05) is 25.1 Å². The lowest BCUT2D eigenvalue weighted by Gasteiger charge is -2.06. The van der Waals surface area contributed by atoms with Gasteiger partial charge in [0.15, 0.2) is 0 Å². The lowest BCUT2D eigenvalue weighted by Crippen LogP contribution is -2.28. The average molecular weight is 359 g/mol. The Balaban J connectivity index is 1.69. The molecule has 4 aromatic rings. The number of fused-ring (bicyclic) bond motifs is 1. The molecule has 0 saturated heterocycles. The molecule has 1 aromatic carbocycles. The molecular formula is C20H17N5O2. The van der Waals surface area contributed by atoms with E-state index in [2.05, 4.69) is 20.4 Å². The third-order valence-electron chi connectivity index (χ3n) is 4.33. The van der Waals surface area contributed by atoms with Gasteiger partial charge in [-0.15, -0.1) is 0 Å². The van der Waals surface area contributed by atoms with Gasteiger partial charge < -0.3 is 10.3 Å². The number of benzene rings is 1. The van der Waals surface area contributed by atoms with Crippen LogP contribution in [0.15, 0.2) is 65.8 Å². The molecule has 3 aromatic heterocycles. The Labute approximate surface area is 154 Å². The Morgan fingerprint density at radius 2 is 1.89 bits per heavy atom. The molecule has 2 N–H and O–H groups in total. The van der Waals surface area contributed by atoms with Crippen LogP contribution in [0, 0.1) is 6.92 Å². The number of aromatic amines is 1. The number of carbonyl (C=O) groups is 1. The number of pyridine rings is 2. The van der Waals surface area contributed by atoms with Crippen LogP contribution in [0.25, 0.3) is 16.7 Å². The normalized spacial score (nSPS) is 10.9. The average Bonchev–Trinajstić information content (AvgIpc) is 3.05. The maximum atomic E-state index is 12.9. The monoisotopic (exact) mass is 359 g/mol. The number of amides is 1. The quantitative estimate of drug-likeness (QED) is 0.585. The van der Waals surface area contributed by atoms with Gasteiger partial charge in [-0.25, -0.2) is 4.68 Å². The summed E-state index contributed by atoms with van der Waals surface area (Å²) in [6, 6.07) is 13.1. The van der Waals surface area contributed by atoms with Crippen molar-refractivity contribution in [2.24, 2.45) is 0 Å². The molecule has 0 unspecified atom stereocenters. The number of rotatable bonds is 4. The highest BCUT2D eigenvalue weighted by Gasteiger charge is 2.18. The third kappa shape index (κ3) is 3.10. The molecule has 0 aliphatic carbocycles. The maximum Gasteiger partial charge on any atom is 0.257 e. The molecule has 1 amide bonds. The van der Waals surface area contributed by atoms with Crippen molar-refractivity contribution in [3.8, 4) is 5.69 Å². The summed E-state index contributed by atoms with van der Waals surface area (Å²) in [5, 5.41) is 7.64. The fraction of sp³-hybridized carbons (Fsp3) is 0.100. The summed E-state index contributed by atoms with van der Waals surface area (Å²) in [5.74, 6) is -0.429. The number of aryl methyl sites for hydroxylation is 1. The summed E-state index contributed by atoms with van der Waals surface area (Å²) in [7, 11) is 0. The predicted octanol–water partition coefficient (Wildman–Crippen LogP) is 2.35. The highest BCUT2D eigenvalue weighted by Crippen LogP contribution is 2.17. The summed E-state index contributed by atoms with van der Waals surface area (Å²) in [6.07, 6.45) is 4.75. The van der Waals surface area contributed by atoms with E-state index in [1.54, 1.807) is 24.0 Å². The number of carbonyl (C=O) groups excluding carboxylic acids is 1. The van der Waals surface area contributed by atoms with Crippen LogP contribution in [0.4, 0.5) is 0 Å². The van der Waals surface area contributed by atoms with Crippen molar-refractivity contribution in [2.75, 3.05) is 0 Å². The minimum absolute atomic E-state index is 0.0623. The number of hydrogen-bond acceptors (Lipinski definition) is 4. The van der Waals surface area contributed by atoms with E-state index in [0.717, 1.165) is 11.3 Å². The topological polar surface area (TPSA) is 92.7 Å². The summed E-state index contributed by atoms with van der Waals surface area (Å²) in [4.78, 5) is 32.4. The number of hydrogen-bond donors (Lipinski definition) is 2. The van der Waals surface area contributed by atoms with Crippen LogP contribution in [-0.2, 0) is 6.54 Å². The Hall–Kier alpha value is -3.74. The van der Waals surface area contributed by atoms with Crippen LogP contribution in [-0.4, -0.2) is 25.7 Å². The van der Waals surface area contributed by atoms with Crippen LogP contribution < -0.4 is 10.7 Å². The lowest BCUT2D eigenvalue weighted by molar-refractivity contribution is 0.0949. The smallest absolute Gasteiger partial charge is 0.257 e. The minimum Gasteiger partial charge on any atom is -0.348 e. The number of nitrogens with zero attached hydrogens (tertiary/aromatic N) is 3. The van der Waals surface area contributed by atoms with Gasteiger partial charge in [0.25, 0.3) is 5.91 Å². The van der Waals surface area contributed by atoms with E-state index >= 15 is 0 Å². The second kappa shape index (κ2) is 6.87. The number of aromatic nitrogens is 4. The second-order valence-corrected chi connectivity index (χ2v) is 6.13. The SMILES string of the molecule is Cc1nn(-c2ccccc2)c2[nH]cc(C(=O)NCc3ccncc3)c(=O)c12. The highest BCUT2D eigenvalue weighted by molar-refractivity contribution is 5.97. The molecule has 0 bridgehead atoms. The van der Waals surface area contributed by atoms with E-state index in [4.69, 9.17) is 0 Å². The zero-order valence-electron chi connectivity index (χ0n) is 14.6. The van der Waals surface area contributed by atoms with Crippen LogP contribution in [0.2, 0.25) is 0 Å². The van der Waals surface area contributed by atoms with Gasteiger partial charge in [-0.2, -0.15) is 5.10 Å². The molecule has 0 aliphatic heterocycles. The van der Waals surface area contributed by atoms with E-state index in [0.29, 0.717) is 23.3 Å². The first-order valence-electron chi connectivity index (χ1n) is 8.48. The molecule has 0 spiro atoms. The minimum atomic E-state index is -0.429. The van der Waals surface area contributed by atoms with E-state index in [9.17, 15) is 9.59 Å². The van der Waals surface area contributed by atoms with E-state index in [1.165, 1.54) is 6.20 Å². The predicted molar refractivity (Wildman–Crippen MR) is 102 cm³/mol. The van der Waals surface area contributed by atoms with Crippen molar-refractivity contribution in [1.82, 2.24) is 25.1 Å². The van der Waals surface area contributed by atoms with Gasteiger partial charge in [0.05, 0.1) is 16.8 Å². The fourth-order valence-corrected chi connectivity index (χ4v) is 2.98. The fourth-order valence-electron chi connectivity index (χ4n) is 2.98. The van der Waals surface area contributed by atoms with Crippen LogP contribution >= 0.6 is 0 Å². The second-order valence-electron chi connectivity index (χ2n) is 6.13. The molecule has 0 radical (unpaired) electrons. The first-order chi connectivity index (χ1) is 13.1. The first kappa shape index (κ1) is 16.7. The largest absolute Gasteiger partial charge is 0.348 e. The van der Waals surface area contributed by atoms with E-state index < -0.39 is 5.91 Å². The van der Waals surface area contributed by atoms with Crippen molar-refractivity contribution in [3.63, 3.8) is 0 Å². The van der Waals surface area contributed by atoms with Gasteiger partial charge in [-0.1, -0.05) is 18.2 Å². The van der Waals surface area contributed by atoms with Gasteiger partial charge in [0.2, 0.25) is 5.43 Å². The number of H-pyrrole nitrogens is 1. The molecule has 0 fully saturated rings. The number of nitrogens with one attached hydrogen (secondary N) is 2. The summed E-state index contributed by atoms with van der Waals surface area (Å²) in [6.45, 7) is 2.08. The molecule has 0 saturated carbocycles. The first-order valence-corrected chi connectivity index (χ1v) is 8.48. The summed E-state index contributed by atoms with van der Waals surface area (Å²) < 4.78 is 1.67. The lowest BCUT2D eigenvalue weighted by atomic mass is 10.1. The van der Waals surface area contributed by atoms with Crippen LogP contribution in [0.5, 0.6) is 0 Å². The van der Waals surface area contributed by atoms with Gasteiger partial charge in [0.1, 0.15) is 11.2 Å². The van der Waals surface area contributed by atoms with Gasteiger partial charge in [-0.05, 0) is 36.8 Å². The molecule has 4 rings (SSSR count). The van der Waals surface area contributed by atoms with E-state index in [1.807, 2.05) is 42.5 Å². The molecule has 7 heteroatoms. The number of para-hydroxylation sites is 1. The molecular weight excluding hydrogens is 342 g/mol. The summed E-state index contributed by atoms with van der Waals surface area (Å²) >= 11 is 0. The standard InChI is InChI=1S/C20H17N5O2/c1-13-17-18(26)16(20(27)23-11-14-7-9-21-10-8-14)12-22-19(17)25(24-13)15-5-3-2-4-6-15/h2-10,12H,11H2,1H3,(H,22,26)(H,23,27). The third-order valence-corrected chi connectivity index (χ3v) is 4.33.